The number of ether oxygens (including phenoxy) is 1. The van der Waals surface area contributed by atoms with Crippen LogP contribution in [0, 0.1) is 0 Å². The summed E-state index contributed by atoms with van der Waals surface area (Å²) in [7, 11) is 0. The van der Waals surface area contributed by atoms with Crippen molar-refractivity contribution in [3.05, 3.63) is 11.8 Å². The molecule has 13 heavy (non-hydrogen) atoms. The van der Waals surface area contributed by atoms with E-state index >= 15 is 0 Å². The Morgan fingerprint density at radius 3 is 3.23 bits per heavy atom. The van der Waals surface area contributed by atoms with Crippen LogP contribution in [0.15, 0.2) is 16.8 Å². The molecule has 70 valence electrons. The van der Waals surface area contributed by atoms with Crippen LogP contribution in [0.3, 0.4) is 0 Å². The van der Waals surface area contributed by atoms with Gasteiger partial charge in [0.05, 0.1) is 13.2 Å². The third-order valence-corrected chi connectivity index (χ3v) is 2.63. The molecular formula is C8H10N2O2S. The fourth-order valence-electron chi connectivity index (χ4n) is 1.15. The Bertz CT molecular complexity index is 286. The normalized spacial score (nSPS) is 20.6. The first-order chi connectivity index (χ1) is 6.36. The lowest BCUT2D eigenvalue weighted by Crippen LogP contribution is -2.28. The van der Waals surface area contributed by atoms with Crippen LogP contribution in [0.5, 0.6) is 0 Å². The second-order valence-electron chi connectivity index (χ2n) is 2.69. The number of carbonyl (C=O) groups excluding carboxylic acids is 1. The number of nitrogens with one attached hydrogen (secondary N) is 1. The second kappa shape index (κ2) is 3.83. The van der Waals surface area contributed by atoms with E-state index in [0.717, 1.165) is 18.7 Å². The summed E-state index contributed by atoms with van der Waals surface area (Å²) in [6.45, 7) is 1.41. The van der Waals surface area contributed by atoms with Crippen molar-refractivity contribution in [2.75, 3.05) is 18.9 Å². The highest BCUT2D eigenvalue weighted by Crippen LogP contribution is 2.12. The van der Waals surface area contributed by atoms with Crippen LogP contribution in [0.25, 0.3) is 0 Å². The standard InChI is InChI=1S/C8H10N2O2S/c11-7(6-2-1-4-12-6)10-8-9-3-5-13-8/h2H,1,3-5H2,(H,9,10,11). The van der Waals surface area contributed by atoms with Gasteiger partial charge in [0.1, 0.15) is 0 Å². The highest BCUT2D eigenvalue weighted by molar-refractivity contribution is 8.14. The minimum Gasteiger partial charge on any atom is -0.488 e. The topological polar surface area (TPSA) is 50.7 Å². The molecule has 0 atom stereocenters. The van der Waals surface area contributed by atoms with Gasteiger partial charge in [0.15, 0.2) is 10.9 Å². The molecule has 0 saturated carbocycles. The molecule has 1 amide bonds. The zero-order valence-corrected chi connectivity index (χ0v) is 7.89. The third kappa shape index (κ3) is 2.03. The summed E-state index contributed by atoms with van der Waals surface area (Å²) in [5.74, 6) is 1.20. The van der Waals surface area contributed by atoms with Crippen molar-refractivity contribution in [1.82, 2.24) is 5.32 Å². The molecule has 1 N–H and O–H groups in total. The molecule has 0 radical (unpaired) electrons. The van der Waals surface area contributed by atoms with Crippen molar-refractivity contribution < 1.29 is 9.53 Å². The highest BCUT2D eigenvalue weighted by Gasteiger charge is 2.17. The molecule has 0 bridgehead atoms. The number of aliphatic imine (C=N–C) groups is 1. The van der Waals surface area contributed by atoms with Gasteiger partial charge in [-0.2, -0.15) is 0 Å². The van der Waals surface area contributed by atoms with E-state index in [2.05, 4.69) is 10.3 Å². The largest absolute Gasteiger partial charge is 0.488 e. The van der Waals surface area contributed by atoms with Crippen molar-refractivity contribution in [1.29, 1.82) is 0 Å². The van der Waals surface area contributed by atoms with E-state index in [-0.39, 0.29) is 5.91 Å². The molecule has 5 heteroatoms. The number of amides is 1. The minimum absolute atomic E-state index is 0.175. The molecule has 0 aromatic heterocycles. The maximum Gasteiger partial charge on any atom is 0.291 e. The van der Waals surface area contributed by atoms with Crippen molar-refractivity contribution >= 4 is 22.8 Å². The molecular weight excluding hydrogens is 188 g/mol. The zero-order valence-electron chi connectivity index (χ0n) is 7.08. The first kappa shape index (κ1) is 8.62. The highest BCUT2D eigenvalue weighted by atomic mass is 32.2. The summed E-state index contributed by atoms with van der Waals surface area (Å²) in [5.41, 5.74) is 0. The number of hydrogen-bond acceptors (Lipinski definition) is 4. The van der Waals surface area contributed by atoms with Crippen molar-refractivity contribution in [3.63, 3.8) is 0 Å². The molecule has 0 aromatic carbocycles. The zero-order chi connectivity index (χ0) is 9.10. The van der Waals surface area contributed by atoms with E-state index in [4.69, 9.17) is 4.74 Å². The van der Waals surface area contributed by atoms with Gasteiger partial charge in [0.2, 0.25) is 0 Å². The molecule has 2 heterocycles. The summed E-state index contributed by atoms with van der Waals surface area (Å²) in [4.78, 5) is 15.5. The van der Waals surface area contributed by atoms with Crippen LogP contribution >= 0.6 is 11.8 Å². The van der Waals surface area contributed by atoms with Crippen LogP contribution in [-0.2, 0) is 9.53 Å². The lowest BCUT2D eigenvalue weighted by molar-refractivity contribution is -0.119. The lowest BCUT2D eigenvalue weighted by atomic mass is 10.4. The summed E-state index contributed by atoms with van der Waals surface area (Å²) < 4.78 is 5.11. The average Bonchev–Trinajstić information content (AvgIpc) is 2.74. The van der Waals surface area contributed by atoms with Gasteiger partial charge in [-0.1, -0.05) is 11.8 Å². The van der Waals surface area contributed by atoms with Crippen molar-refractivity contribution in [3.8, 4) is 0 Å². The van der Waals surface area contributed by atoms with E-state index in [9.17, 15) is 4.79 Å². The van der Waals surface area contributed by atoms with Gasteiger partial charge in [0.25, 0.3) is 5.91 Å². The molecule has 0 aromatic rings. The Morgan fingerprint density at radius 2 is 2.62 bits per heavy atom. The van der Waals surface area contributed by atoms with Gasteiger partial charge in [-0.15, -0.1) is 0 Å². The van der Waals surface area contributed by atoms with E-state index in [1.807, 2.05) is 0 Å². The summed E-state index contributed by atoms with van der Waals surface area (Å²) in [5, 5.41) is 3.41. The molecule has 0 spiro atoms. The maximum absolute atomic E-state index is 11.4. The first-order valence-electron chi connectivity index (χ1n) is 4.18. The molecule has 0 fully saturated rings. The van der Waals surface area contributed by atoms with Gasteiger partial charge < -0.3 is 4.74 Å². The van der Waals surface area contributed by atoms with Crippen LogP contribution in [-0.4, -0.2) is 30.0 Å². The van der Waals surface area contributed by atoms with Crippen LogP contribution in [0.4, 0.5) is 0 Å². The molecule has 0 saturated heterocycles. The molecule has 0 aliphatic carbocycles. The van der Waals surface area contributed by atoms with Gasteiger partial charge in [-0.25, -0.2) is 0 Å². The smallest absolute Gasteiger partial charge is 0.291 e. The monoisotopic (exact) mass is 198 g/mol. The Labute approximate surface area is 80.4 Å². The second-order valence-corrected chi connectivity index (χ2v) is 3.78. The third-order valence-electron chi connectivity index (χ3n) is 1.73. The summed E-state index contributed by atoms with van der Waals surface area (Å²) in [6, 6.07) is 0. The van der Waals surface area contributed by atoms with E-state index in [1.54, 1.807) is 17.8 Å². The molecule has 2 aliphatic rings. The molecule has 2 aliphatic heterocycles. The Morgan fingerprint density at radius 1 is 1.69 bits per heavy atom. The Hall–Kier alpha value is -0.970. The fraction of sp³-hybridized carbons (Fsp3) is 0.500. The van der Waals surface area contributed by atoms with Crippen molar-refractivity contribution in [2.24, 2.45) is 4.99 Å². The minimum atomic E-state index is -0.175. The maximum atomic E-state index is 11.4. The number of hydrogen-bond donors (Lipinski definition) is 1. The predicted molar refractivity (Wildman–Crippen MR) is 51.6 cm³/mol. The number of nitrogens with zero attached hydrogens (tertiary/aromatic N) is 1. The quantitative estimate of drug-likeness (QED) is 0.668. The van der Waals surface area contributed by atoms with Crippen LogP contribution in [0.1, 0.15) is 6.42 Å². The Balaban J connectivity index is 1.90. The summed E-state index contributed by atoms with van der Waals surface area (Å²) >= 11 is 1.56. The van der Waals surface area contributed by atoms with E-state index in [1.165, 1.54) is 0 Å². The first-order valence-corrected chi connectivity index (χ1v) is 5.16. The van der Waals surface area contributed by atoms with Crippen LogP contribution in [0.2, 0.25) is 0 Å². The number of thioether (sulfide) groups is 1. The fourth-order valence-corrected chi connectivity index (χ4v) is 1.87. The van der Waals surface area contributed by atoms with E-state index in [0.29, 0.717) is 17.5 Å². The molecule has 4 nitrogen and oxygen atoms in total. The van der Waals surface area contributed by atoms with Crippen molar-refractivity contribution in [2.45, 2.75) is 6.42 Å². The van der Waals surface area contributed by atoms with Gasteiger partial charge >= 0.3 is 0 Å². The summed E-state index contributed by atoms with van der Waals surface area (Å²) in [6.07, 6.45) is 2.62. The van der Waals surface area contributed by atoms with Gasteiger partial charge in [0, 0.05) is 12.2 Å². The lowest BCUT2D eigenvalue weighted by Gasteiger charge is -2.04. The number of amidine groups is 1. The Kier molecular flexibility index (Phi) is 2.54. The average molecular weight is 198 g/mol. The van der Waals surface area contributed by atoms with Crippen LogP contribution < -0.4 is 5.32 Å². The molecule has 2 rings (SSSR count). The predicted octanol–water partition coefficient (Wildman–Crippen LogP) is 0.510. The SMILES string of the molecule is O=C(NC1=NCCS1)C1=CCCO1. The number of rotatable bonds is 1. The van der Waals surface area contributed by atoms with Gasteiger partial charge in [-0.3, -0.25) is 15.1 Å². The van der Waals surface area contributed by atoms with E-state index < -0.39 is 0 Å². The number of carbonyl (C=O) groups is 1. The van der Waals surface area contributed by atoms with Gasteiger partial charge in [-0.05, 0) is 6.08 Å². The molecule has 0 unspecified atom stereocenters.